The lowest BCUT2D eigenvalue weighted by Gasteiger charge is -2.21. The molecule has 146 valence electrons. The number of nitrogen functional groups attached to an aromatic ring is 2. The molecule has 3 heterocycles. The number of aromatic amines is 2. The Labute approximate surface area is 164 Å². The molecule has 0 aliphatic rings. The van der Waals surface area contributed by atoms with Crippen LogP contribution in [0.1, 0.15) is 45.9 Å². The van der Waals surface area contributed by atoms with Crippen LogP contribution in [0.15, 0.2) is 36.4 Å². The van der Waals surface area contributed by atoms with Crippen molar-refractivity contribution in [1.29, 1.82) is 0 Å². The molecule has 4 rings (SSSR count). The molecule has 0 fully saturated rings. The fraction of sp³-hybridized carbons (Fsp3) is 0.364. The van der Waals surface area contributed by atoms with Crippen molar-refractivity contribution in [2.75, 3.05) is 11.5 Å². The summed E-state index contributed by atoms with van der Waals surface area (Å²) in [6.07, 6.45) is 0. The van der Waals surface area contributed by atoms with E-state index in [1.165, 1.54) is 5.56 Å². The molecule has 0 radical (unpaired) electrons. The van der Waals surface area contributed by atoms with Crippen LogP contribution in [0.5, 0.6) is 0 Å². The average Bonchev–Trinajstić information content (AvgIpc) is 3.12. The highest BCUT2D eigenvalue weighted by Gasteiger charge is 2.29. The van der Waals surface area contributed by atoms with Gasteiger partial charge in [-0.1, -0.05) is 40.7 Å². The minimum absolute atomic E-state index is 0.0926. The van der Waals surface area contributed by atoms with Crippen molar-refractivity contribution < 1.29 is 4.68 Å². The van der Waals surface area contributed by atoms with Crippen molar-refractivity contribution >= 4 is 33.6 Å². The van der Waals surface area contributed by atoms with E-state index in [0.29, 0.717) is 12.4 Å². The first-order valence-electron chi connectivity index (χ1n) is 9.62. The number of nitrogens with one attached hydrogen (secondary N) is 2. The number of rotatable bonds is 3. The standard InChI is InChI=1S/C22H28N6/c1-21(2,3)14-7-8-15-16(11-14)27-28(19(15)24)12-22(4,5)17-9-6-13-10-18(23)26-20(13)25-17/h6-11H,12,23H2,1-5H3,(H3,24,25,26,27)/p+1. The molecule has 0 atom stereocenters. The van der Waals surface area contributed by atoms with Crippen LogP contribution in [0.25, 0.3) is 21.9 Å². The largest absolute Gasteiger partial charge is 0.385 e. The van der Waals surface area contributed by atoms with Crippen LogP contribution in [0.3, 0.4) is 0 Å². The summed E-state index contributed by atoms with van der Waals surface area (Å²) in [5.41, 5.74) is 16.3. The molecule has 1 aromatic carbocycles. The Balaban J connectivity index is 1.71. The molecule has 6 nitrogen and oxygen atoms in total. The first-order chi connectivity index (χ1) is 13.0. The molecule has 0 aliphatic heterocycles. The lowest BCUT2D eigenvalue weighted by Crippen LogP contribution is -2.46. The zero-order chi connectivity index (χ0) is 20.3. The molecule has 28 heavy (non-hydrogen) atoms. The summed E-state index contributed by atoms with van der Waals surface area (Å²) in [5.74, 6) is 1.37. The van der Waals surface area contributed by atoms with Crippen molar-refractivity contribution in [3.05, 3.63) is 47.7 Å². The Kier molecular flexibility index (Phi) is 3.93. The lowest BCUT2D eigenvalue weighted by molar-refractivity contribution is -0.741. The second-order valence-corrected chi connectivity index (χ2v) is 9.34. The summed E-state index contributed by atoms with van der Waals surface area (Å²) in [4.78, 5) is 7.91. The quantitative estimate of drug-likeness (QED) is 0.409. The molecule has 0 saturated carbocycles. The smallest absolute Gasteiger partial charge is 0.300 e. The summed E-state index contributed by atoms with van der Waals surface area (Å²) in [5, 5.41) is 5.54. The number of nitrogens with zero attached hydrogens (tertiary/aromatic N) is 2. The molecular weight excluding hydrogens is 348 g/mol. The number of pyridine rings is 1. The van der Waals surface area contributed by atoms with Crippen LogP contribution in [0.4, 0.5) is 11.6 Å². The minimum atomic E-state index is -0.222. The third kappa shape index (κ3) is 3.09. The van der Waals surface area contributed by atoms with Crippen LogP contribution in [0, 0.1) is 0 Å². The maximum absolute atomic E-state index is 6.47. The van der Waals surface area contributed by atoms with E-state index in [4.69, 9.17) is 16.5 Å². The lowest BCUT2D eigenvalue weighted by atomic mass is 9.87. The number of benzene rings is 1. The highest BCUT2D eigenvalue weighted by Crippen LogP contribution is 2.29. The van der Waals surface area contributed by atoms with Crippen LogP contribution >= 0.6 is 0 Å². The van der Waals surface area contributed by atoms with E-state index in [1.807, 2.05) is 10.7 Å². The Bertz CT molecular complexity index is 1170. The molecule has 6 heteroatoms. The highest BCUT2D eigenvalue weighted by molar-refractivity contribution is 5.87. The normalized spacial score (nSPS) is 12.9. The molecule has 3 aromatic heterocycles. The van der Waals surface area contributed by atoms with Crippen LogP contribution in [-0.2, 0) is 17.4 Å². The maximum Gasteiger partial charge on any atom is 0.300 e. The van der Waals surface area contributed by atoms with E-state index in [2.05, 4.69) is 75.0 Å². The van der Waals surface area contributed by atoms with Gasteiger partial charge in [-0.05, 0) is 41.3 Å². The Hall–Kier alpha value is -3.02. The van der Waals surface area contributed by atoms with Crippen molar-refractivity contribution in [2.45, 2.75) is 52.0 Å². The maximum atomic E-state index is 6.47. The number of hydrogen-bond donors (Lipinski definition) is 4. The summed E-state index contributed by atoms with van der Waals surface area (Å²) < 4.78 is 2.02. The van der Waals surface area contributed by atoms with Gasteiger partial charge in [0.2, 0.25) is 0 Å². The van der Waals surface area contributed by atoms with Gasteiger partial charge >= 0.3 is 5.82 Å². The molecular formula is C22H29N6+. The van der Waals surface area contributed by atoms with E-state index < -0.39 is 0 Å². The first-order valence-corrected chi connectivity index (χ1v) is 9.62. The van der Waals surface area contributed by atoms with Crippen molar-refractivity contribution in [1.82, 2.24) is 15.1 Å². The van der Waals surface area contributed by atoms with Crippen molar-refractivity contribution in [2.24, 2.45) is 0 Å². The molecule has 0 saturated heterocycles. The van der Waals surface area contributed by atoms with Gasteiger partial charge in [0.15, 0.2) is 0 Å². The first kappa shape index (κ1) is 18.3. The van der Waals surface area contributed by atoms with Crippen LogP contribution in [-0.4, -0.2) is 15.1 Å². The third-order valence-electron chi connectivity index (χ3n) is 5.45. The fourth-order valence-electron chi connectivity index (χ4n) is 3.68. The highest BCUT2D eigenvalue weighted by atomic mass is 15.3. The fourth-order valence-corrected chi connectivity index (χ4v) is 3.68. The summed E-state index contributed by atoms with van der Waals surface area (Å²) in [6, 6.07) is 12.5. The van der Waals surface area contributed by atoms with Gasteiger partial charge in [0.1, 0.15) is 18.0 Å². The molecule has 0 aliphatic carbocycles. The number of H-pyrrole nitrogens is 2. The van der Waals surface area contributed by atoms with E-state index >= 15 is 0 Å². The van der Waals surface area contributed by atoms with Gasteiger partial charge in [0.25, 0.3) is 0 Å². The summed E-state index contributed by atoms with van der Waals surface area (Å²) in [7, 11) is 0. The van der Waals surface area contributed by atoms with E-state index in [9.17, 15) is 0 Å². The average molecular weight is 378 g/mol. The van der Waals surface area contributed by atoms with Gasteiger partial charge in [-0.15, -0.1) is 0 Å². The van der Waals surface area contributed by atoms with Crippen LogP contribution < -0.4 is 16.1 Å². The number of hydrogen-bond acceptors (Lipinski definition) is 3. The monoisotopic (exact) mass is 377 g/mol. The van der Waals surface area contributed by atoms with E-state index in [0.717, 1.165) is 33.4 Å². The third-order valence-corrected chi connectivity index (χ3v) is 5.45. The minimum Gasteiger partial charge on any atom is -0.385 e. The van der Waals surface area contributed by atoms with E-state index in [1.54, 1.807) is 0 Å². The zero-order valence-electron chi connectivity index (χ0n) is 17.2. The number of nitrogens with two attached hydrogens (primary N) is 2. The van der Waals surface area contributed by atoms with Gasteiger partial charge in [-0.2, -0.15) is 4.68 Å². The van der Waals surface area contributed by atoms with E-state index in [-0.39, 0.29) is 10.8 Å². The predicted octanol–water partition coefficient (Wildman–Crippen LogP) is 3.77. The summed E-state index contributed by atoms with van der Waals surface area (Å²) >= 11 is 0. The van der Waals surface area contributed by atoms with Crippen molar-refractivity contribution in [3.8, 4) is 0 Å². The number of aromatic nitrogens is 4. The zero-order valence-corrected chi connectivity index (χ0v) is 17.2. The second-order valence-electron chi connectivity index (χ2n) is 9.34. The number of fused-ring (bicyclic) bond motifs is 2. The summed E-state index contributed by atoms with van der Waals surface area (Å²) in [6.45, 7) is 11.7. The molecule has 0 unspecified atom stereocenters. The molecule has 6 N–H and O–H groups in total. The van der Waals surface area contributed by atoms with Gasteiger partial charge in [-0.25, -0.2) is 10.1 Å². The molecule has 0 bridgehead atoms. The molecule has 4 aromatic rings. The Morgan fingerprint density at radius 1 is 1.00 bits per heavy atom. The van der Waals surface area contributed by atoms with Gasteiger partial charge in [0, 0.05) is 10.8 Å². The number of anilines is 2. The van der Waals surface area contributed by atoms with Gasteiger partial charge in [-0.3, -0.25) is 5.73 Å². The Morgan fingerprint density at radius 3 is 2.46 bits per heavy atom. The Morgan fingerprint density at radius 2 is 1.75 bits per heavy atom. The predicted molar refractivity (Wildman–Crippen MR) is 115 cm³/mol. The van der Waals surface area contributed by atoms with Crippen LogP contribution in [0.2, 0.25) is 0 Å². The topological polar surface area (TPSA) is 100 Å². The molecule has 0 spiro atoms. The van der Waals surface area contributed by atoms with Gasteiger partial charge in [0.05, 0.1) is 16.6 Å². The SMILES string of the molecule is CC(C)(C)c1ccc2c(N)[n+](CC(C)(C)c3ccc4cc(N)[nH]c4n3)[nH]c2c1. The molecule has 0 amide bonds. The second kappa shape index (κ2) is 5.99. The van der Waals surface area contributed by atoms with Crippen molar-refractivity contribution in [3.63, 3.8) is 0 Å². The van der Waals surface area contributed by atoms with Gasteiger partial charge < -0.3 is 10.7 Å².